The van der Waals surface area contributed by atoms with Crippen molar-refractivity contribution in [3.05, 3.63) is 12.4 Å². The van der Waals surface area contributed by atoms with Gasteiger partial charge in [0.25, 0.3) is 0 Å². The quantitative estimate of drug-likeness (QED) is 0.680. The number of hydrogen-bond donors (Lipinski definition) is 2. The fourth-order valence-electron chi connectivity index (χ4n) is 1.02. The number of nitrogen functional groups attached to an aromatic ring is 1. The summed E-state index contributed by atoms with van der Waals surface area (Å²) in [6.45, 7) is 4.64. The maximum atomic E-state index is 8.97. The number of aliphatic hydroxyl groups is 1. The van der Waals surface area contributed by atoms with Crippen LogP contribution in [-0.2, 0) is 4.74 Å². The van der Waals surface area contributed by atoms with E-state index in [9.17, 15) is 0 Å². The van der Waals surface area contributed by atoms with Gasteiger partial charge in [0.15, 0.2) is 0 Å². The number of nitrogens with two attached hydrogens (primary N) is 1. The average Bonchev–Trinajstić information content (AvgIpc) is 2.31. The van der Waals surface area contributed by atoms with Gasteiger partial charge in [-0.1, -0.05) is 0 Å². The van der Waals surface area contributed by atoms with E-state index in [1.165, 1.54) is 12.4 Å². The van der Waals surface area contributed by atoms with Crippen molar-refractivity contribution in [2.45, 2.75) is 25.9 Å². The molecule has 6 heteroatoms. The van der Waals surface area contributed by atoms with Crippen molar-refractivity contribution >= 4 is 5.69 Å². The molecule has 0 aliphatic carbocycles. The first-order valence-electron chi connectivity index (χ1n) is 5.49. The molecule has 0 atom stereocenters. The minimum atomic E-state index is -0.502. The minimum absolute atomic E-state index is 0.00503. The zero-order chi connectivity index (χ0) is 12.7. The first-order chi connectivity index (χ1) is 8.03. The van der Waals surface area contributed by atoms with Gasteiger partial charge in [0.2, 0.25) is 0 Å². The molecule has 0 spiro atoms. The zero-order valence-corrected chi connectivity index (χ0v) is 10.2. The molecule has 0 aliphatic rings. The molecule has 0 bridgehead atoms. The molecule has 0 saturated carbocycles. The van der Waals surface area contributed by atoms with E-state index in [1.54, 1.807) is 0 Å². The number of nitrogens with zero attached hydrogens (tertiary/aromatic N) is 2. The molecule has 1 aromatic rings. The standard InChI is InChI=1S/C11H19N3O3/c1-11(2,8-15)17-5-3-4-16-10-13-6-9(12)7-14-10/h6-7,15H,3-5,8,12H2,1-2H3. The van der Waals surface area contributed by atoms with E-state index in [-0.39, 0.29) is 6.61 Å². The highest BCUT2D eigenvalue weighted by molar-refractivity contribution is 5.30. The summed E-state index contributed by atoms with van der Waals surface area (Å²) in [5, 5.41) is 8.97. The van der Waals surface area contributed by atoms with Gasteiger partial charge in [-0.25, -0.2) is 9.97 Å². The summed E-state index contributed by atoms with van der Waals surface area (Å²) < 4.78 is 10.7. The Bertz CT molecular complexity index is 327. The smallest absolute Gasteiger partial charge is 0.316 e. The maximum Gasteiger partial charge on any atom is 0.316 e. The van der Waals surface area contributed by atoms with E-state index >= 15 is 0 Å². The van der Waals surface area contributed by atoms with Crippen molar-refractivity contribution in [1.29, 1.82) is 0 Å². The molecular formula is C11H19N3O3. The molecule has 3 N–H and O–H groups in total. The van der Waals surface area contributed by atoms with Crippen molar-refractivity contribution in [3.8, 4) is 6.01 Å². The Balaban J connectivity index is 2.14. The predicted octanol–water partition coefficient (Wildman–Crippen LogP) is 0.615. The first-order valence-corrected chi connectivity index (χ1v) is 5.49. The second kappa shape index (κ2) is 6.36. The van der Waals surface area contributed by atoms with Crippen molar-refractivity contribution in [1.82, 2.24) is 9.97 Å². The van der Waals surface area contributed by atoms with Gasteiger partial charge in [0.1, 0.15) is 0 Å². The lowest BCUT2D eigenvalue weighted by atomic mass is 10.1. The van der Waals surface area contributed by atoms with Crippen LogP contribution in [0.3, 0.4) is 0 Å². The third kappa shape index (κ3) is 5.46. The van der Waals surface area contributed by atoms with Gasteiger partial charge in [-0.15, -0.1) is 0 Å². The molecule has 6 nitrogen and oxygen atoms in total. The summed E-state index contributed by atoms with van der Waals surface area (Å²) in [4.78, 5) is 7.80. The van der Waals surface area contributed by atoms with E-state index < -0.39 is 5.60 Å². The molecule has 1 aromatic heterocycles. The van der Waals surface area contributed by atoms with E-state index in [0.29, 0.717) is 31.3 Å². The SMILES string of the molecule is CC(C)(CO)OCCCOc1ncc(N)cn1. The van der Waals surface area contributed by atoms with Crippen LogP contribution in [0, 0.1) is 0 Å². The van der Waals surface area contributed by atoms with Gasteiger partial charge in [-0.2, -0.15) is 0 Å². The van der Waals surface area contributed by atoms with Crippen molar-refractivity contribution < 1.29 is 14.6 Å². The Labute approximate surface area is 101 Å². The summed E-state index contributed by atoms with van der Waals surface area (Å²) in [5.41, 5.74) is 5.44. The van der Waals surface area contributed by atoms with Crippen LogP contribution in [0.5, 0.6) is 6.01 Å². The highest BCUT2D eigenvalue weighted by atomic mass is 16.5. The van der Waals surface area contributed by atoms with Gasteiger partial charge >= 0.3 is 6.01 Å². The number of anilines is 1. The number of ether oxygens (including phenoxy) is 2. The monoisotopic (exact) mass is 241 g/mol. The first kappa shape index (κ1) is 13.7. The largest absolute Gasteiger partial charge is 0.463 e. The number of aromatic nitrogens is 2. The molecule has 0 aliphatic heterocycles. The lowest BCUT2D eigenvalue weighted by Gasteiger charge is -2.22. The Hall–Kier alpha value is -1.40. The Morgan fingerprint density at radius 1 is 1.29 bits per heavy atom. The lowest BCUT2D eigenvalue weighted by Crippen LogP contribution is -2.29. The van der Waals surface area contributed by atoms with E-state index in [1.807, 2.05) is 13.8 Å². The van der Waals surface area contributed by atoms with Gasteiger partial charge in [-0.3, -0.25) is 0 Å². The van der Waals surface area contributed by atoms with E-state index in [2.05, 4.69) is 9.97 Å². The number of rotatable bonds is 7. The fourth-order valence-corrected chi connectivity index (χ4v) is 1.02. The molecule has 0 fully saturated rings. The number of hydrogen-bond acceptors (Lipinski definition) is 6. The second-order valence-corrected chi connectivity index (χ2v) is 4.27. The summed E-state index contributed by atoms with van der Waals surface area (Å²) >= 11 is 0. The summed E-state index contributed by atoms with van der Waals surface area (Å²) in [6, 6.07) is 0.306. The molecular weight excluding hydrogens is 222 g/mol. The number of aliphatic hydroxyl groups excluding tert-OH is 1. The zero-order valence-electron chi connectivity index (χ0n) is 10.2. The van der Waals surface area contributed by atoms with Crippen LogP contribution in [0.4, 0.5) is 5.69 Å². The average molecular weight is 241 g/mol. The van der Waals surface area contributed by atoms with Crippen LogP contribution in [0.15, 0.2) is 12.4 Å². The third-order valence-electron chi connectivity index (χ3n) is 2.04. The topological polar surface area (TPSA) is 90.5 Å². The van der Waals surface area contributed by atoms with Gasteiger partial charge < -0.3 is 20.3 Å². The van der Waals surface area contributed by atoms with Gasteiger partial charge in [0.05, 0.1) is 43.5 Å². The predicted molar refractivity (Wildman–Crippen MR) is 63.7 cm³/mol. The Morgan fingerprint density at radius 3 is 2.53 bits per heavy atom. The molecule has 1 heterocycles. The molecule has 0 aromatic carbocycles. The van der Waals surface area contributed by atoms with Crippen LogP contribution < -0.4 is 10.5 Å². The highest BCUT2D eigenvalue weighted by Crippen LogP contribution is 2.08. The van der Waals surface area contributed by atoms with Crippen LogP contribution in [-0.4, -0.2) is 40.5 Å². The summed E-state index contributed by atoms with van der Waals surface area (Å²) in [6.07, 6.45) is 3.69. The van der Waals surface area contributed by atoms with Crippen LogP contribution in [0.2, 0.25) is 0 Å². The minimum Gasteiger partial charge on any atom is -0.463 e. The molecule has 0 radical (unpaired) electrons. The van der Waals surface area contributed by atoms with E-state index in [4.69, 9.17) is 20.3 Å². The molecule has 1 rings (SSSR count). The fraction of sp³-hybridized carbons (Fsp3) is 0.636. The second-order valence-electron chi connectivity index (χ2n) is 4.27. The van der Waals surface area contributed by atoms with Crippen molar-refractivity contribution in [3.63, 3.8) is 0 Å². The molecule has 0 saturated heterocycles. The van der Waals surface area contributed by atoms with Crippen LogP contribution in [0.1, 0.15) is 20.3 Å². The maximum absolute atomic E-state index is 8.97. The molecule has 0 amide bonds. The highest BCUT2D eigenvalue weighted by Gasteiger charge is 2.15. The van der Waals surface area contributed by atoms with E-state index in [0.717, 1.165) is 0 Å². The summed E-state index contributed by atoms with van der Waals surface area (Å²) in [7, 11) is 0. The van der Waals surface area contributed by atoms with Gasteiger partial charge in [-0.05, 0) is 13.8 Å². The molecule has 17 heavy (non-hydrogen) atoms. The molecule has 96 valence electrons. The third-order valence-corrected chi connectivity index (χ3v) is 2.04. The van der Waals surface area contributed by atoms with Crippen LogP contribution >= 0.6 is 0 Å². The van der Waals surface area contributed by atoms with Gasteiger partial charge in [0, 0.05) is 6.42 Å². The normalized spacial score (nSPS) is 11.5. The van der Waals surface area contributed by atoms with Crippen molar-refractivity contribution in [2.75, 3.05) is 25.6 Å². The van der Waals surface area contributed by atoms with Crippen molar-refractivity contribution in [2.24, 2.45) is 0 Å². The summed E-state index contributed by atoms with van der Waals surface area (Å²) in [5.74, 6) is 0. The Kier molecular flexibility index (Phi) is 5.11. The van der Waals surface area contributed by atoms with Crippen LogP contribution in [0.25, 0.3) is 0 Å². The Morgan fingerprint density at radius 2 is 1.94 bits per heavy atom. The molecule has 0 unspecified atom stereocenters. The lowest BCUT2D eigenvalue weighted by molar-refractivity contribution is -0.0564.